The number of pyridine rings is 1. The standard InChI is InChI=1S/C24H17BrCl2N2O3/c1-14-2-6-22(29(14)18-9-16(24(30)31)11-28-12-18)19-10-17(25)4-7-23(19)32-13-15-3-5-20(26)21(27)8-15/h2-12H,13H2,1H3,(H,30,31). The van der Waals surface area contributed by atoms with Crippen LogP contribution in [0.25, 0.3) is 16.9 Å². The Labute approximate surface area is 203 Å². The molecule has 4 rings (SSSR count). The summed E-state index contributed by atoms with van der Waals surface area (Å²) < 4.78 is 8.98. The second kappa shape index (κ2) is 9.36. The zero-order chi connectivity index (χ0) is 22.8. The average molecular weight is 532 g/mol. The summed E-state index contributed by atoms with van der Waals surface area (Å²) in [6, 6.07) is 16.7. The van der Waals surface area contributed by atoms with E-state index in [4.69, 9.17) is 27.9 Å². The summed E-state index contributed by atoms with van der Waals surface area (Å²) in [4.78, 5) is 15.5. The number of nitrogens with zero attached hydrogens (tertiary/aromatic N) is 2. The lowest BCUT2D eigenvalue weighted by Gasteiger charge is -2.16. The van der Waals surface area contributed by atoms with Crippen molar-refractivity contribution < 1.29 is 14.6 Å². The van der Waals surface area contributed by atoms with Gasteiger partial charge in [0, 0.05) is 21.9 Å². The van der Waals surface area contributed by atoms with E-state index in [2.05, 4.69) is 20.9 Å². The van der Waals surface area contributed by atoms with Crippen LogP contribution in [-0.4, -0.2) is 20.6 Å². The third-order valence-electron chi connectivity index (χ3n) is 4.90. The summed E-state index contributed by atoms with van der Waals surface area (Å²) in [7, 11) is 0. The number of aryl methyl sites for hydroxylation is 1. The maximum Gasteiger partial charge on any atom is 0.337 e. The summed E-state index contributed by atoms with van der Waals surface area (Å²) in [6.45, 7) is 2.26. The fourth-order valence-corrected chi connectivity index (χ4v) is 4.06. The number of carboxylic acids is 1. The van der Waals surface area contributed by atoms with Crippen molar-refractivity contribution in [1.29, 1.82) is 0 Å². The van der Waals surface area contributed by atoms with E-state index >= 15 is 0 Å². The number of carboxylic acid groups (broad SMARTS) is 1. The van der Waals surface area contributed by atoms with Gasteiger partial charge in [0.25, 0.3) is 0 Å². The SMILES string of the molecule is Cc1ccc(-c2cc(Br)ccc2OCc2ccc(Cl)c(Cl)c2)n1-c1cncc(C(=O)O)c1. The van der Waals surface area contributed by atoms with Crippen LogP contribution in [0, 0.1) is 6.92 Å². The average Bonchev–Trinajstić information content (AvgIpc) is 3.16. The van der Waals surface area contributed by atoms with Crippen molar-refractivity contribution in [2.75, 3.05) is 0 Å². The van der Waals surface area contributed by atoms with E-state index in [-0.39, 0.29) is 5.56 Å². The number of hydrogen-bond donors (Lipinski definition) is 1. The van der Waals surface area contributed by atoms with Gasteiger partial charge in [0.15, 0.2) is 0 Å². The lowest BCUT2D eigenvalue weighted by molar-refractivity contribution is 0.0696. The molecule has 4 aromatic rings. The van der Waals surface area contributed by atoms with Crippen LogP contribution in [0.15, 0.2) is 71.5 Å². The first-order chi connectivity index (χ1) is 15.3. The van der Waals surface area contributed by atoms with Crippen molar-refractivity contribution in [2.45, 2.75) is 13.5 Å². The van der Waals surface area contributed by atoms with E-state index in [1.165, 1.54) is 6.20 Å². The van der Waals surface area contributed by atoms with Gasteiger partial charge in [0.1, 0.15) is 12.4 Å². The number of aromatic nitrogens is 2. The number of rotatable bonds is 6. The number of halogens is 3. The molecule has 0 bridgehead atoms. The maximum atomic E-state index is 11.4. The zero-order valence-electron chi connectivity index (χ0n) is 16.8. The molecule has 0 saturated heterocycles. The van der Waals surface area contributed by atoms with Gasteiger partial charge in [-0.05, 0) is 61.0 Å². The molecule has 2 aromatic heterocycles. The normalized spacial score (nSPS) is 10.9. The first kappa shape index (κ1) is 22.4. The molecule has 32 heavy (non-hydrogen) atoms. The molecule has 2 aromatic carbocycles. The van der Waals surface area contributed by atoms with Crippen molar-refractivity contribution in [3.8, 4) is 22.7 Å². The van der Waals surface area contributed by atoms with Gasteiger partial charge in [-0.2, -0.15) is 0 Å². The molecule has 162 valence electrons. The quantitative estimate of drug-likeness (QED) is 0.286. The Morgan fingerprint density at radius 2 is 1.88 bits per heavy atom. The van der Waals surface area contributed by atoms with Crippen molar-refractivity contribution >= 4 is 45.1 Å². The minimum Gasteiger partial charge on any atom is -0.488 e. The van der Waals surface area contributed by atoms with Crippen molar-refractivity contribution in [3.63, 3.8) is 0 Å². The molecular weight excluding hydrogens is 515 g/mol. The highest BCUT2D eigenvalue weighted by Crippen LogP contribution is 2.36. The van der Waals surface area contributed by atoms with Gasteiger partial charge < -0.3 is 14.4 Å². The Balaban J connectivity index is 1.75. The lowest BCUT2D eigenvalue weighted by Crippen LogP contribution is -2.05. The first-order valence-electron chi connectivity index (χ1n) is 9.57. The van der Waals surface area contributed by atoms with Gasteiger partial charge in [-0.15, -0.1) is 0 Å². The molecule has 0 radical (unpaired) electrons. The molecule has 0 unspecified atom stereocenters. The summed E-state index contributed by atoms with van der Waals surface area (Å²) >= 11 is 15.7. The Hall–Kier alpha value is -2.80. The Morgan fingerprint density at radius 3 is 2.62 bits per heavy atom. The summed E-state index contributed by atoms with van der Waals surface area (Å²) in [5, 5.41) is 10.3. The van der Waals surface area contributed by atoms with Crippen molar-refractivity contribution in [2.24, 2.45) is 0 Å². The first-order valence-corrected chi connectivity index (χ1v) is 11.1. The smallest absolute Gasteiger partial charge is 0.337 e. The predicted octanol–water partition coefficient (Wildman–Crippen LogP) is 7.19. The molecule has 0 amide bonds. The van der Waals surface area contributed by atoms with Crippen molar-refractivity contribution in [3.05, 3.63) is 98.3 Å². The molecule has 0 aliphatic heterocycles. The number of aromatic carboxylic acids is 1. The van der Waals surface area contributed by atoms with Crippen LogP contribution in [0.2, 0.25) is 10.0 Å². The zero-order valence-corrected chi connectivity index (χ0v) is 19.9. The number of benzene rings is 2. The van der Waals surface area contributed by atoms with Gasteiger partial charge >= 0.3 is 5.97 Å². The van der Waals surface area contributed by atoms with Crippen LogP contribution >= 0.6 is 39.1 Å². The van der Waals surface area contributed by atoms with E-state index in [9.17, 15) is 9.90 Å². The minimum absolute atomic E-state index is 0.117. The maximum absolute atomic E-state index is 11.4. The molecule has 0 spiro atoms. The largest absolute Gasteiger partial charge is 0.488 e. The molecule has 8 heteroatoms. The predicted molar refractivity (Wildman–Crippen MR) is 129 cm³/mol. The second-order valence-corrected chi connectivity index (χ2v) is 8.84. The van der Waals surface area contributed by atoms with Gasteiger partial charge in [0.05, 0.1) is 33.2 Å². The summed E-state index contributed by atoms with van der Waals surface area (Å²) in [5.41, 5.74) is 4.27. The van der Waals surface area contributed by atoms with Crippen LogP contribution in [-0.2, 0) is 6.61 Å². The van der Waals surface area contributed by atoms with Gasteiger partial charge in [0.2, 0.25) is 0 Å². The van der Waals surface area contributed by atoms with Crippen LogP contribution in [0.3, 0.4) is 0 Å². The van der Waals surface area contributed by atoms with Crippen LogP contribution in [0.4, 0.5) is 0 Å². The fourth-order valence-electron chi connectivity index (χ4n) is 3.38. The van der Waals surface area contributed by atoms with E-state index in [0.717, 1.165) is 27.0 Å². The highest BCUT2D eigenvalue weighted by atomic mass is 79.9. The molecule has 0 aliphatic rings. The molecule has 0 fully saturated rings. The summed E-state index contributed by atoms with van der Waals surface area (Å²) in [6.07, 6.45) is 2.96. The second-order valence-electron chi connectivity index (χ2n) is 7.11. The van der Waals surface area contributed by atoms with E-state index in [1.54, 1.807) is 24.4 Å². The minimum atomic E-state index is -1.03. The van der Waals surface area contributed by atoms with Gasteiger partial charge in [-0.25, -0.2) is 4.79 Å². The monoisotopic (exact) mass is 530 g/mol. The Kier molecular flexibility index (Phi) is 6.55. The van der Waals surface area contributed by atoms with Crippen LogP contribution in [0.5, 0.6) is 5.75 Å². The Bertz CT molecular complexity index is 1320. The van der Waals surface area contributed by atoms with E-state index in [1.807, 2.05) is 47.9 Å². The molecule has 1 N–H and O–H groups in total. The van der Waals surface area contributed by atoms with Gasteiger partial charge in [-0.3, -0.25) is 4.98 Å². The topological polar surface area (TPSA) is 64.4 Å². The Morgan fingerprint density at radius 1 is 1.06 bits per heavy atom. The highest BCUT2D eigenvalue weighted by molar-refractivity contribution is 9.10. The number of ether oxygens (including phenoxy) is 1. The molecule has 0 saturated carbocycles. The molecule has 0 aliphatic carbocycles. The third-order valence-corrected chi connectivity index (χ3v) is 6.13. The molecular formula is C24H17BrCl2N2O3. The summed E-state index contributed by atoms with van der Waals surface area (Å²) in [5.74, 6) is -0.361. The van der Waals surface area contributed by atoms with E-state index < -0.39 is 5.97 Å². The van der Waals surface area contributed by atoms with E-state index in [0.29, 0.717) is 28.1 Å². The number of carbonyl (C=O) groups is 1. The molecule has 5 nitrogen and oxygen atoms in total. The lowest BCUT2D eigenvalue weighted by atomic mass is 10.1. The third kappa shape index (κ3) is 4.67. The van der Waals surface area contributed by atoms with Crippen LogP contribution in [0.1, 0.15) is 21.6 Å². The number of hydrogen-bond acceptors (Lipinski definition) is 3. The van der Waals surface area contributed by atoms with Gasteiger partial charge in [-0.1, -0.05) is 45.2 Å². The molecule has 0 atom stereocenters. The fraction of sp³-hybridized carbons (Fsp3) is 0.0833. The molecule has 2 heterocycles. The van der Waals surface area contributed by atoms with Crippen molar-refractivity contribution in [1.82, 2.24) is 9.55 Å². The van der Waals surface area contributed by atoms with Crippen LogP contribution < -0.4 is 4.74 Å². The highest BCUT2D eigenvalue weighted by Gasteiger charge is 2.16.